The summed E-state index contributed by atoms with van der Waals surface area (Å²) >= 11 is 0. The minimum Gasteiger partial charge on any atom is -0.207 e. The topological polar surface area (TPSA) is 0 Å². The highest BCUT2D eigenvalue weighted by atomic mass is 19.1. The van der Waals surface area contributed by atoms with Crippen molar-refractivity contribution in [3.8, 4) is 0 Å². The number of benzene rings is 2. The maximum Gasteiger partial charge on any atom is 0.126 e. The molecule has 0 aliphatic carbocycles. The van der Waals surface area contributed by atoms with Crippen LogP contribution in [0.15, 0.2) is 42.5 Å². The van der Waals surface area contributed by atoms with Gasteiger partial charge in [0.25, 0.3) is 0 Å². The molecule has 0 aromatic heterocycles. The van der Waals surface area contributed by atoms with Gasteiger partial charge in [-0.1, -0.05) is 36.4 Å². The van der Waals surface area contributed by atoms with Crippen LogP contribution in [-0.4, -0.2) is 0 Å². The molecular weight excluding hydrogens is 199 g/mol. The van der Waals surface area contributed by atoms with Gasteiger partial charge in [-0.3, -0.25) is 0 Å². The number of halogens is 1. The van der Waals surface area contributed by atoms with Gasteiger partial charge in [0.05, 0.1) is 0 Å². The number of hydrogen-bond acceptors (Lipinski definition) is 0. The second-order valence-electron chi connectivity index (χ2n) is 4.14. The molecule has 0 heterocycles. The van der Waals surface area contributed by atoms with Crippen LogP contribution in [0.3, 0.4) is 0 Å². The van der Waals surface area contributed by atoms with Crippen LogP contribution in [-0.2, 0) is 6.42 Å². The summed E-state index contributed by atoms with van der Waals surface area (Å²) in [6, 6.07) is 13.2. The van der Waals surface area contributed by atoms with E-state index in [1.165, 1.54) is 22.8 Å². The molecule has 1 heteroatoms. The first-order valence-corrected chi connectivity index (χ1v) is 5.47. The van der Waals surface area contributed by atoms with E-state index in [0.29, 0.717) is 6.42 Å². The van der Waals surface area contributed by atoms with E-state index < -0.39 is 0 Å². The predicted octanol–water partition coefficient (Wildman–Crippen LogP) is 4.03. The third-order valence-electron chi connectivity index (χ3n) is 2.97. The number of aryl methyl sites for hydroxylation is 2. The smallest absolute Gasteiger partial charge is 0.126 e. The zero-order valence-corrected chi connectivity index (χ0v) is 9.63. The third-order valence-corrected chi connectivity index (χ3v) is 2.97. The molecule has 0 atom stereocenters. The van der Waals surface area contributed by atoms with Crippen LogP contribution in [0.1, 0.15) is 22.3 Å². The fourth-order valence-electron chi connectivity index (χ4n) is 1.96. The molecule has 0 saturated heterocycles. The Labute approximate surface area is 95.7 Å². The molecule has 0 saturated carbocycles. The van der Waals surface area contributed by atoms with E-state index in [4.69, 9.17) is 0 Å². The molecule has 0 bridgehead atoms. The molecule has 2 rings (SSSR count). The van der Waals surface area contributed by atoms with Gasteiger partial charge in [0.2, 0.25) is 0 Å². The molecule has 0 spiro atoms. The Bertz CT molecular complexity index is 480. The second kappa shape index (κ2) is 4.48. The van der Waals surface area contributed by atoms with E-state index in [1.54, 1.807) is 6.07 Å². The van der Waals surface area contributed by atoms with Crippen molar-refractivity contribution in [3.05, 3.63) is 70.5 Å². The molecule has 0 fully saturated rings. The quantitative estimate of drug-likeness (QED) is 0.708. The largest absolute Gasteiger partial charge is 0.207 e. The van der Waals surface area contributed by atoms with Crippen molar-refractivity contribution in [3.63, 3.8) is 0 Å². The third kappa shape index (κ3) is 2.13. The normalized spacial score (nSPS) is 10.4. The molecule has 0 nitrogen and oxygen atoms in total. The minimum atomic E-state index is -0.120. The lowest BCUT2D eigenvalue weighted by molar-refractivity contribution is 0.613. The Morgan fingerprint density at radius 3 is 2.12 bits per heavy atom. The van der Waals surface area contributed by atoms with E-state index in [2.05, 4.69) is 26.0 Å². The molecule has 0 aliphatic heterocycles. The second-order valence-corrected chi connectivity index (χ2v) is 4.14. The molecule has 0 radical (unpaired) electrons. The van der Waals surface area contributed by atoms with Crippen LogP contribution in [0, 0.1) is 19.7 Å². The average molecular weight is 214 g/mol. The highest BCUT2D eigenvalue weighted by Crippen LogP contribution is 2.19. The summed E-state index contributed by atoms with van der Waals surface area (Å²) in [5, 5.41) is 0. The van der Waals surface area contributed by atoms with E-state index in [9.17, 15) is 4.39 Å². The van der Waals surface area contributed by atoms with Crippen molar-refractivity contribution in [1.29, 1.82) is 0 Å². The molecule has 0 amide bonds. The van der Waals surface area contributed by atoms with Crippen molar-refractivity contribution < 1.29 is 4.39 Å². The van der Waals surface area contributed by atoms with E-state index in [-0.39, 0.29) is 5.82 Å². The van der Waals surface area contributed by atoms with Gasteiger partial charge in [-0.2, -0.15) is 0 Å². The van der Waals surface area contributed by atoms with E-state index >= 15 is 0 Å². The Morgan fingerprint density at radius 1 is 0.875 bits per heavy atom. The van der Waals surface area contributed by atoms with Gasteiger partial charge in [-0.25, -0.2) is 4.39 Å². The summed E-state index contributed by atoms with van der Waals surface area (Å²) in [5.41, 5.74) is 4.44. The zero-order chi connectivity index (χ0) is 11.5. The Morgan fingerprint density at radius 2 is 1.50 bits per heavy atom. The van der Waals surface area contributed by atoms with Gasteiger partial charge in [0.15, 0.2) is 0 Å². The molecule has 82 valence electrons. The Hall–Kier alpha value is -1.63. The van der Waals surface area contributed by atoms with Gasteiger partial charge in [-0.15, -0.1) is 0 Å². The lowest BCUT2D eigenvalue weighted by atomic mass is 9.96. The van der Waals surface area contributed by atoms with Crippen LogP contribution in [0.5, 0.6) is 0 Å². The maximum atomic E-state index is 13.5. The number of rotatable bonds is 2. The van der Waals surface area contributed by atoms with Crippen LogP contribution in [0.25, 0.3) is 0 Å². The molecule has 2 aromatic rings. The van der Waals surface area contributed by atoms with Crippen molar-refractivity contribution in [1.82, 2.24) is 0 Å². The summed E-state index contributed by atoms with van der Waals surface area (Å²) in [6.07, 6.45) is 0.672. The van der Waals surface area contributed by atoms with Gasteiger partial charge in [0, 0.05) is 6.42 Å². The van der Waals surface area contributed by atoms with E-state index in [0.717, 1.165) is 5.56 Å². The predicted molar refractivity (Wildman–Crippen MR) is 65.1 cm³/mol. The lowest BCUT2D eigenvalue weighted by Crippen LogP contribution is -1.97. The van der Waals surface area contributed by atoms with Gasteiger partial charge in [0.1, 0.15) is 5.82 Å². The first-order valence-electron chi connectivity index (χ1n) is 5.47. The van der Waals surface area contributed by atoms with Crippen molar-refractivity contribution in [2.75, 3.05) is 0 Å². The lowest BCUT2D eigenvalue weighted by Gasteiger charge is -2.10. The van der Waals surface area contributed by atoms with Gasteiger partial charge in [-0.05, 0) is 42.2 Å². The number of hydrogen-bond donors (Lipinski definition) is 0. The van der Waals surface area contributed by atoms with Gasteiger partial charge >= 0.3 is 0 Å². The standard InChI is InChI=1S/C15H15F/c1-11-6-5-7-12(2)14(11)10-13-8-3-4-9-15(13)16/h3-9H,10H2,1-2H3. The zero-order valence-electron chi connectivity index (χ0n) is 9.63. The Balaban J connectivity index is 2.38. The van der Waals surface area contributed by atoms with Crippen LogP contribution in [0.4, 0.5) is 4.39 Å². The summed E-state index contributed by atoms with van der Waals surface area (Å²) in [7, 11) is 0. The summed E-state index contributed by atoms with van der Waals surface area (Å²) in [6.45, 7) is 4.15. The summed E-state index contributed by atoms with van der Waals surface area (Å²) in [4.78, 5) is 0. The van der Waals surface area contributed by atoms with E-state index in [1.807, 2.05) is 18.2 Å². The van der Waals surface area contributed by atoms with Crippen LogP contribution < -0.4 is 0 Å². The van der Waals surface area contributed by atoms with Crippen molar-refractivity contribution in [2.45, 2.75) is 20.3 Å². The molecule has 2 aromatic carbocycles. The van der Waals surface area contributed by atoms with Gasteiger partial charge < -0.3 is 0 Å². The molecule has 0 aliphatic rings. The van der Waals surface area contributed by atoms with Crippen molar-refractivity contribution in [2.24, 2.45) is 0 Å². The SMILES string of the molecule is Cc1cccc(C)c1Cc1ccccc1F. The first-order chi connectivity index (χ1) is 7.68. The highest BCUT2D eigenvalue weighted by Gasteiger charge is 2.06. The fourth-order valence-corrected chi connectivity index (χ4v) is 1.96. The fraction of sp³-hybridized carbons (Fsp3) is 0.200. The molecular formula is C15H15F. The average Bonchev–Trinajstić information content (AvgIpc) is 2.26. The van der Waals surface area contributed by atoms with Crippen LogP contribution >= 0.6 is 0 Å². The highest BCUT2D eigenvalue weighted by molar-refractivity contribution is 5.38. The first kappa shape index (κ1) is 10.9. The molecule has 0 unspecified atom stereocenters. The monoisotopic (exact) mass is 214 g/mol. The minimum absolute atomic E-state index is 0.120. The molecule has 0 N–H and O–H groups in total. The van der Waals surface area contributed by atoms with Crippen LogP contribution in [0.2, 0.25) is 0 Å². The maximum absolute atomic E-state index is 13.5. The Kier molecular flexibility index (Phi) is 3.04. The van der Waals surface area contributed by atoms with Crippen molar-refractivity contribution >= 4 is 0 Å². The summed E-state index contributed by atoms with van der Waals surface area (Å²) in [5.74, 6) is -0.120. The molecule has 16 heavy (non-hydrogen) atoms. The summed E-state index contributed by atoms with van der Waals surface area (Å²) < 4.78 is 13.5.